The van der Waals surface area contributed by atoms with E-state index in [2.05, 4.69) is 19.2 Å². The average Bonchev–Trinajstić information content (AvgIpc) is 2.31. The Morgan fingerprint density at radius 2 is 1.62 bits per heavy atom. The number of quaternary nitrogens is 3. The van der Waals surface area contributed by atoms with E-state index in [1.54, 1.807) is 0 Å². The maximum Gasteiger partial charge on any atom is 0.127 e. The van der Waals surface area contributed by atoms with Crippen molar-refractivity contribution in [2.75, 3.05) is 52.4 Å². The van der Waals surface area contributed by atoms with Gasteiger partial charge in [0.25, 0.3) is 0 Å². The van der Waals surface area contributed by atoms with Gasteiger partial charge >= 0.3 is 0 Å². The van der Waals surface area contributed by atoms with Crippen LogP contribution < -0.4 is 15.1 Å². The van der Waals surface area contributed by atoms with E-state index in [-0.39, 0.29) is 0 Å². The van der Waals surface area contributed by atoms with Crippen LogP contribution in [0.5, 0.6) is 0 Å². The topological polar surface area (TPSA) is 25.5 Å². The number of rotatable bonds is 8. The summed E-state index contributed by atoms with van der Waals surface area (Å²) in [4.78, 5) is 3.67. The van der Waals surface area contributed by atoms with Crippen LogP contribution in [0.15, 0.2) is 0 Å². The Balaban J connectivity index is 2.06. The predicted molar refractivity (Wildman–Crippen MR) is 68.0 cm³/mol. The van der Waals surface area contributed by atoms with Gasteiger partial charge in [-0.05, 0) is 12.8 Å². The van der Waals surface area contributed by atoms with E-state index in [9.17, 15) is 0 Å². The highest BCUT2D eigenvalue weighted by Gasteiger charge is 2.15. The fourth-order valence-electron chi connectivity index (χ4n) is 2.80. The van der Waals surface area contributed by atoms with Crippen LogP contribution in [-0.4, -0.2) is 52.4 Å². The summed E-state index contributed by atoms with van der Waals surface area (Å²) in [6.45, 7) is 15.6. The third kappa shape index (κ3) is 5.83. The zero-order chi connectivity index (χ0) is 11.6. The Morgan fingerprint density at radius 3 is 2.19 bits per heavy atom. The van der Waals surface area contributed by atoms with Crippen molar-refractivity contribution in [3.8, 4) is 0 Å². The van der Waals surface area contributed by atoms with E-state index in [0.717, 1.165) is 0 Å². The predicted octanol–water partition coefficient (Wildman–Crippen LogP) is -2.46. The van der Waals surface area contributed by atoms with Gasteiger partial charge in [0, 0.05) is 6.42 Å². The molecule has 0 spiro atoms. The summed E-state index contributed by atoms with van der Waals surface area (Å²) in [5, 5.41) is 2.45. The minimum Gasteiger partial charge on any atom is -0.337 e. The largest absolute Gasteiger partial charge is 0.337 e. The fourth-order valence-corrected chi connectivity index (χ4v) is 2.80. The van der Waals surface area contributed by atoms with Gasteiger partial charge in [-0.1, -0.05) is 13.8 Å². The molecule has 0 aromatic heterocycles. The molecule has 0 aromatic rings. The molecule has 1 rings (SSSR count). The summed E-state index contributed by atoms with van der Waals surface area (Å²) in [7, 11) is 0. The van der Waals surface area contributed by atoms with Crippen molar-refractivity contribution in [3.05, 3.63) is 0 Å². The second-order valence-electron chi connectivity index (χ2n) is 5.22. The summed E-state index contributed by atoms with van der Waals surface area (Å²) >= 11 is 0. The number of nitrogens with two attached hydrogens (primary N) is 1. The minimum absolute atomic E-state index is 1.33. The number of piperazine rings is 1. The monoisotopic (exact) mass is 230 g/mol. The highest BCUT2D eigenvalue weighted by Crippen LogP contribution is 1.73. The highest BCUT2D eigenvalue weighted by atomic mass is 15.2. The molecule has 0 bridgehead atoms. The van der Waals surface area contributed by atoms with Crippen LogP contribution in [0, 0.1) is 0 Å². The Morgan fingerprint density at radius 1 is 1.00 bits per heavy atom. The van der Waals surface area contributed by atoms with Crippen molar-refractivity contribution < 1.29 is 15.1 Å². The first-order valence-electron chi connectivity index (χ1n) is 7.35. The van der Waals surface area contributed by atoms with Gasteiger partial charge in [0.05, 0.1) is 26.2 Å². The van der Waals surface area contributed by atoms with Crippen LogP contribution in [0.1, 0.15) is 33.1 Å². The molecule has 4 N–H and O–H groups in total. The van der Waals surface area contributed by atoms with Gasteiger partial charge in [-0.25, -0.2) is 0 Å². The van der Waals surface area contributed by atoms with E-state index < -0.39 is 0 Å². The van der Waals surface area contributed by atoms with Crippen LogP contribution in [0.3, 0.4) is 0 Å². The molecule has 1 heterocycles. The van der Waals surface area contributed by atoms with Gasteiger partial charge < -0.3 is 15.1 Å². The molecule has 1 aliphatic heterocycles. The molecule has 0 saturated carbocycles. The molecule has 3 nitrogen and oxygen atoms in total. The van der Waals surface area contributed by atoms with Crippen molar-refractivity contribution in [3.63, 3.8) is 0 Å². The lowest BCUT2D eigenvalue weighted by molar-refractivity contribution is -0.952. The van der Waals surface area contributed by atoms with Gasteiger partial charge in [0.1, 0.15) is 26.2 Å². The molecule has 0 aliphatic carbocycles. The molecule has 1 saturated heterocycles. The van der Waals surface area contributed by atoms with Crippen LogP contribution in [0.4, 0.5) is 0 Å². The first kappa shape index (κ1) is 13.9. The second-order valence-corrected chi connectivity index (χ2v) is 5.22. The van der Waals surface area contributed by atoms with E-state index >= 15 is 0 Å². The summed E-state index contributed by atoms with van der Waals surface area (Å²) < 4.78 is 0. The Labute approximate surface area is 101 Å². The fraction of sp³-hybridized carbons (Fsp3) is 1.00. The molecular formula is C13H32N3+3. The zero-order valence-corrected chi connectivity index (χ0v) is 11.4. The third-order valence-corrected chi connectivity index (χ3v) is 3.67. The lowest BCUT2D eigenvalue weighted by atomic mass is 10.3. The third-order valence-electron chi connectivity index (χ3n) is 3.67. The molecule has 1 aliphatic rings. The molecule has 0 aromatic carbocycles. The molecule has 1 fully saturated rings. The van der Waals surface area contributed by atoms with E-state index in [4.69, 9.17) is 0 Å². The normalized spacial score (nSPS) is 18.2. The lowest BCUT2D eigenvalue weighted by Gasteiger charge is -2.23. The van der Waals surface area contributed by atoms with Crippen LogP contribution >= 0.6 is 0 Å². The molecular weight excluding hydrogens is 198 g/mol. The highest BCUT2D eigenvalue weighted by molar-refractivity contribution is 4.38. The molecule has 0 amide bonds. The Kier molecular flexibility index (Phi) is 7.81. The van der Waals surface area contributed by atoms with E-state index in [1.165, 1.54) is 71.6 Å². The van der Waals surface area contributed by atoms with Crippen molar-refractivity contribution in [2.24, 2.45) is 0 Å². The van der Waals surface area contributed by atoms with Gasteiger partial charge in [0.15, 0.2) is 0 Å². The molecule has 96 valence electrons. The molecule has 16 heavy (non-hydrogen) atoms. The van der Waals surface area contributed by atoms with E-state index in [0.29, 0.717) is 0 Å². The summed E-state index contributed by atoms with van der Waals surface area (Å²) in [6.07, 6.45) is 4.09. The van der Waals surface area contributed by atoms with Crippen LogP contribution in [0.25, 0.3) is 0 Å². The van der Waals surface area contributed by atoms with Crippen molar-refractivity contribution in [1.29, 1.82) is 0 Å². The van der Waals surface area contributed by atoms with Crippen molar-refractivity contribution >= 4 is 0 Å². The second kappa shape index (κ2) is 8.97. The van der Waals surface area contributed by atoms with Gasteiger partial charge in [-0.2, -0.15) is 0 Å². The first-order chi connectivity index (χ1) is 7.86. The smallest absolute Gasteiger partial charge is 0.127 e. The molecule has 0 atom stereocenters. The maximum absolute atomic E-state index is 2.45. The standard InChI is InChI=1S/C13H29N3/c1-3-8-15(9-4-2)10-5-11-16-12-6-14-7-13-16/h14H,3-13H2,1-2H3/p+3. The molecule has 0 radical (unpaired) electrons. The minimum atomic E-state index is 1.33. The van der Waals surface area contributed by atoms with Crippen molar-refractivity contribution in [2.45, 2.75) is 33.1 Å². The lowest BCUT2D eigenvalue weighted by Crippen LogP contribution is -3.21. The molecule has 0 unspecified atom stereocenters. The summed E-state index contributed by atoms with van der Waals surface area (Å²) in [6, 6.07) is 0. The van der Waals surface area contributed by atoms with Crippen LogP contribution in [0.2, 0.25) is 0 Å². The zero-order valence-electron chi connectivity index (χ0n) is 11.4. The molecule has 3 heteroatoms. The quantitative estimate of drug-likeness (QED) is 0.413. The number of nitrogens with one attached hydrogen (secondary N) is 2. The van der Waals surface area contributed by atoms with Crippen molar-refractivity contribution in [1.82, 2.24) is 0 Å². The maximum atomic E-state index is 2.45. The van der Waals surface area contributed by atoms with E-state index in [1.807, 2.05) is 9.80 Å². The summed E-state index contributed by atoms with van der Waals surface area (Å²) in [5.41, 5.74) is 0. The first-order valence-corrected chi connectivity index (χ1v) is 7.35. The van der Waals surface area contributed by atoms with Crippen LogP contribution in [-0.2, 0) is 0 Å². The van der Waals surface area contributed by atoms with Gasteiger partial charge in [-0.3, -0.25) is 0 Å². The number of hydrogen-bond donors (Lipinski definition) is 3. The Bertz CT molecular complexity index is 149. The Hall–Kier alpha value is -0.120. The summed E-state index contributed by atoms with van der Waals surface area (Å²) in [5.74, 6) is 0. The van der Waals surface area contributed by atoms with Gasteiger partial charge in [-0.15, -0.1) is 0 Å². The van der Waals surface area contributed by atoms with Gasteiger partial charge in [0.2, 0.25) is 0 Å². The number of hydrogen-bond acceptors (Lipinski definition) is 0. The SMILES string of the molecule is CCC[NH+](CCC)CCC[NH+]1CC[NH2+]CC1. The average molecular weight is 230 g/mol.